The molecule has 0 spiro atoms. The predicted molar refractivity (Wildman–Crippen MR) is 152 cm³/mol. The second-order valence-corrected chi connectivity index (χ2v) is 13.7. The fraction of sp³-hybridized carbons (Fsp3) is 0.161. The monoisotopic (exact) mass is 530 g/mol. The molecule has 4 aromatic carbocycles. The Kier molecular flexibility index (Phi) is 8.60. The number of rotatable bonds is 6. The molecule has 0 aromatic heterocycles. The molecule has 0 fully saturated rings. The molecule has 4 nitrogen and oxygen atoms in total. The van der Waals surface area contributed by atoms with Crippen LogP contribution in [0.4, 0.5) is 0 Å². The van der Waals surface area contributed by atoms with E-state index < -0.39 is 17.4 Å². The molecule has 0 saturated carbocycles. The lowest BCUT2D eigenvalue weighted by Gasteiger charge is -2.29. The van der Waals surface area contributed by atoms with Crippen molar-refractivity contribution in [3.8, 4) is 0 Å². The van der Waals surface area contributed by atoms with Gasteiger partial charge in [-0.05, 0) is 61.9 Å². The van der Waals surface area contributed by atoms with E-state index in [1.165, 1.54) is 45.5 Å². The van der Waals surface area contributed by atoms with Crippen molar-refractivity contribution in [1.82, 2.24) is 0 Å². The molecule has 4 aromatic rings. The Hall–Kier alpha value is -3.24. The molecule has 0 heterocycles. The SMILES string of the molecule is COC1=C([P+](c2ccccc2)(c2ccccc2)c2ccccc2)CCC1.Cc1ccc(S(=O)(=O)[O-])cc1. The Bertz CT molecular complexity index is 1340. The fourth-order valence-corrected chi connectivity index (χ4v) is 10.1. The van der Waals surface area contributed by atoms with Crippen LogP contribution in [0.5, 0.6) is 0 Å². The largest absolute Gasteiger partial charge is 0.744 e. The highest BCUT2D eigenvalue weighted by Gasteiger charge is 2.52. The van der Waals surface area contributed by atoms with Crippen LogP contribution in [0.25, 0.3) is 0 Å². The lowest BCUT2D eigenvalue weighted by Crippen LogP contribution is -2.32. The van der Waals surface area contributed by atoms with Gasteiger partial charge in [-0.2, -0.15) is 0 Å². The summed E-state index contributed by atoms with van der Waals surface area (Å²) in [4.78, 5) is -0.178. The number of allylic oxidation sites excluding steroid dienone is 2. The average molecular weight is 531 g/mol. The first-order valence-electron chi connectivity index (χ1n) is 12.2. The van der Waals surface area contributed by atoms with Crippen molar-refractivity contribution in [3.05, 3.63) is 132 Å². The Balaban J connectivity index is 0.000000245. The average Bonchev–Trinajstić information content (AvgIpc) is 3.40. The van der Waals surface area contributed by atoms with E-state index in [9.17, 15) is 13.0 Å². The second-order valence-electron chi connectivity index (χ2n) is 8.87. The quantitative estimate of drug-likeness (QED) is 0.229. The number of hydrogen-bond donors (Lipinski definition) is 0. The van der Waals surface area contributed by atoms with E-state index in [-0.39, 0.29) is 4.90 Å². The summed E-state index contributed by atoms with van der Waals surface area (Å²) < 4.78 is 37.1. The van der Waals surface area contributed by atoms with Crippen LogP contribution in [0.15, 0.2) is 131 Å². The van der Waals surface area contributed by atoms with Gasteiger partial charge in [0.2, 0.25) is 0 Å². The molecule has 0 saturated heterocycles. The van der Waals surface area contributed by atoms with Crippen LogP contribution in [0.2, 0.25) is 0 Å². The maximum absolute atomic E-state index is 10.4. The van der Waals surface area contributed by atoms with Gasteiger partial charge in [-0.1, -0.05) is 72.3 Å². The molecular weight excluding hydrogens is 499 g/mol. The van der Waals surface area contributed by atoms with E-state index in [0.717, 1.165) is 18.4 Å². The molecule has 0 atom stereocenters. The standard InChI is InChI=1S/C24H24OP.C7H8O3S/c1-25-23-18-11-19-24(23)26(20-12-5-2-6-13-20,21-14-7-3-8-15-21)22-16-9-4-10-17-22;1-6-2-4-7(5-3-6)11(8,9)10/h2-10,12-17H,11,18-19H2,1H3;2-5H,1H3,(H,8,9,10)/q+1;/p-1. The molecule has 0 unspecified atom stereocenters. The predicted octanol–water partition coefficient (Wildman–Crippen LogP) is 5.92. The maximum atomic E-state index is 10.4. The van der Waals surface area contributed by atoms with Gasteiger partial charge in [0, 0.05) is 12.8 Å². The first kappa shape index (κ1) is 26.8. The summed E-state index contributed by atoms with van der Waals surface area (Å²) in [6, 6.07) is 38.9. The molecule has 5 rings (SSSR count). The van der Waals surface area contributed by atoms with Crippen molar-refractivity contribution in [1.29, 1.82) is 0 Å². The van der Waals surface area contributed by atoms with Crippen LogP contribution in [-0.2, 0) is 14.9 Å². The highest BCUT2D eigenvalue weighted by molar-refractivity contribution is 7.99. The first-order chi connectivity index (χ1) is 17.9. The van der Waals surface area contributed by atoms with E-state index in [1.54, 1.807) is 12.1 Å². The Morgan fingerprint density at radius 1 is 0.676 bits per heavy atom. The maximum Gasteiger partial charge on any atom is 0.143 e. The van der Waals surface area contributed by atoms with Crippen molar-refractivity contribution in [2.24, 2.45) is 0 Å². The third kappa shape index (κ3) is 5.86. The van der Waals surface area contributed by atoms with Gasteiger partial charge in [0.25, 0.3) is 0 Å². The minimum atomic E-state index is -4.27. The van der Waals surface area contributed by atoms with E-state index in [0.29, 0.717) is 0 Å². The lowest BCUT2D eigenvalue weighted by atomic mass is 10.2. The van der Waals surface area contributed by atoms with Crippen LogP contribution in [0.1, 0.15) is 24.8 Å². The molecule has 0 amide bonds. The summed E-state index contributed by atoms with van der Waals surface area (Å²) in [6.45, 7) is 1.82. The minimum Gasteiger partial charge on any atom is -0.744 e. The zero-order valence-corrected chi connectivity index (χ0v) is 22.8. The van der Waals surface area contributed by atoms with Gasteiger partial charge in [-0.15, -0.1) is 0 Å². The zero-order chi connectivity index (χ0) is 26.3. The third-order valence-electron chi connectivity index (χ3n) is 6.53. The summed E-state index contributed by atoms with van der Waals surface area (Å²) in [7, 11) is -4.36. The minimum absolute atomic E-state index is 0.178. The van der Waals surface area contributed by atoms with Crippen LogP contribution in [-0.4, -0.2) is 20.1 Å². The number of methoxy groups -OCH3 is 1. The molecule has 0 N–H and O–H groups in total. The van der Waals surface area contributed by atoms with E-state index in [4.69, 9.17) is 4.74 Å². The molecule has 37 heavy (non-hydrogen) atoms. The van der Waals surface area contributed by atoms with Gasteiger partial charge in [0.1, 0.15) is 44.4 Å². The van der Waals surface area contributed by atoms with Crippen molar-refractivity contribution in [2.45, 2.75) is 31.1 Å². The molecule has 6 heteroatoms. The molecule has 0 aliphatic heterocycles. The fourth-order valence-electron chi connectivity index (χ4n) is 4.85. The number of aryl methyl sites for hydroxylation is 1. The van der Waals surface area contributed by atoms with Gasteiger partial charge in [-0.25, -0.2) is 8.42 Å². The molecule has 1 aliphatic carbocycles. The normalized spacial score (nSPS) is 13.6. The van der Waals surface area contributed by atoms with Crippen molar-refractivity contribution in [3.63, 3.8) is 0 Å². The van der Waals surface area contributed by atoms with Gasteiger partial charge in [0.15, 0.2) is 0 Å². The van der Waals surface area contributed by atoms with Gasteiger partial charge >= 0.3 is 0 Å². The molecule has 0 bridgehead atoms. The van der Waals surface area contributed by atoms with Gasteiger partial charge in [-0.3, -0.25) is 0 Å². The highest BCUT2D eigenvalue weighted by Crippen LogP contribution is 2.66. The molecule has 1 aliphatic rings. The smallest absolute Gasteiger partial charge is 0.143 e. The van der Waals surface area contributed by atoms with Crippen molar-refractivity contribution in [2.75, 3.05) is 7.11 Å². The van der Waals surface area contributed by atoms with Gasteiger partial charge < -0.3 is 9.29 Å². The molecular formula is C31H31O4PS. The third-order valence-corrected chi connectivity index (χ3v) is 11.9. The van der Waals surface area contributed by atoms with E-state index in [1.807, 2.05) is 14.0 Å². The lowest BCUT2D eigenvalue weighted by molar-refractivity contribution is 0.282. The zero-order valence-electron chi connectivity index (χ0n) is 21.1. The summed E-state index contributed by atoms with van der Waals surface area (Å²) in [5.41, 5.74) is 0.928. The van der Waals surface area contributed by atoms with Gasteiger partial charge in [0.05, 0.1) is 12.0 Å². The summed E-state index contributed by atoms with van der Waals surface area (Å²) >= 11 is 0. The first-order valence-corrected chi connectivity index (χ1v) is 15.4. The topological polar surface area (TPSA) is 66.4 Å². The Morgan fingerprint density at radius 3 is 1.49 bits per heavy atom. The number of ether oxygens (including phenoxy) is 1. The molecule has 190 valence electrons. The van der Waals surface area contributed by atoms with Crippen LogP contribution in [0.3, 0.4) is 0 Å². The van der Waals surface area contributed by atoms with Crippen LogP contribution in [0, 0.1) is 6.92 Å². The molecule has 0 radical (unpaired) electrons. The Labute approximate surface area is 220 Å². The summed E-state index contributed by atoms with van der Waals surface area (Å²) in [6.07, 6.45) is 3.32. The summed E-state index contributed by atoms with van der Waals surface area (Å²) in [5.74, 6) is 1.19. The second kappa shape index (κ2) is 11.9. The summed E-state index contributed by atoms with van der Waals surface area (Å²) in [5, 5.41) is 5.72. The van der Waals surface area contributed by atoms with Crippen molar-refractivity contribution < 1.29 is 17.7 Å². The van der Waals surface area contributed by atoms with Crippen LogP contribution < -0.4 is 15.9 Å². The Morgan fingerprint density at radius 2 is 1.11 bits per heavy atom. The van der Waals surface area contributed by atoms with Crippen LogP contribution >= 0.6 is 7.26 Å². The number of benzene rings is 4. The van der Waals surface area contributed by atoms with E-state index >= 15 is 0 Å². The highest BCUT2D eigenvalue weighted by atomic mass is 32.2. The van der Waals surface area contributed by atoms with E-state index in [2.05, 4.69) is 91.0 Å². The van der Waals surface area contributed by atoms with Crippen molar-refractivity contribution >= 4 is 33.3 Å². The number of hydrogen-bond acceptors (Lipinski definition) is 4.